The van der Waals surface area contributed by atoms with Crippen LogP contribution in [0, 0.1) is 0 Å². The Balaban J connectivity index is 3.56. The first kappa shape index (κ1) is 24.8. The van der Waals surface area contributed by atoms with Gasteiger partial charge in [-0.2, -0.15) is 0 Å². The van der Waals surface area contributed by atoms with E-state index in [1.807, 2.05) is 21.6 Å². The maximum Gasteiger partial charge on any atom is 0.0556 e. The van der Waals surface area contributed by atoms with Gasteiger partial charge in [-0.3, -0.25) is 4.90 Å². The third-order valence-electron chi connectivity index (χ3n) is 3.41. The van der Waals surface area contributed by atoms with Crippen LogP contribution in [-0.4, -0.2) is 40.0 Å². The third kappa shape index (κ3) is 20.0. The number of hydrogen-bond acceptors (Lipinski definition) is 5. The zero-order valence-corrected chi connectivity index (χ0v) is 19.9. The zero-order valence-electron chi connectivity index (χ0n) is 15.1. The van der Waals surface area contributed by atoms with Crippen molar-refractivity contribution >= 4 is 59.1 Å². The Kier molecular flexibility index (Phi) is 23.6. The highest BCUT2D eigenvalue weighted by atomic mass is 79.9. The van der Waals surface area contributed by atoms with E-state index in [0.717, 1.165) is 5.33 Å². The van der Waals surface area contributed by atoms with Crippen LogP contribution in [0.2, 0.25) is 0 Å². The standard InChI is InChI=1S/C17H36BrNS4/c1-3-5-7-9-14-20-22-16-19(13-11-12-18)17-23-21-15-10-8-6-4-2/h3-17H2,1-2H3. The van der Waals surface area contributed by atoms with E-state index in [1.165, 1.54) is 87.6 Å². The largest absolute Gasteiger partial charge is 0.283 e. The molecule has 0 saturated carbocycles. The number of unbranched alkanes of at least 4 members (excludes halogenated alkanes) is 6. The smallest absolute Gasteiger partial charge is 0.0556 e. The quantitative estimate of drug-likeness (QED) is 0.0828. The molecule has 0 fully saturated rings. The molecule has 1 nitrogen and oxygen atoms in total. The lowest BCUT2D eigenvalue weighted by molar-refractivity contribution is 0.381. The lowest BCUT2D eigenvalue weighted by Crippen LogP contribution is -2.23. The van der Waals surface area contributed by atoms with Crippen LogP contribution in [0.1, 0.15) is 71.6 Å². The molecule has 0 spiro atoms. The summed E-state index contributed by atoms with van der Waals surface area (Å²) in [5.74, 6) is 4.98. The topological polar surface area (TPSA) is 3.24 Å². The summed E-state index contributed by atoms with van der Waals surface area (Å²) in [4.78, 5) is 2.61. The average Bonchev–Trinajstić information content (AvgIpc) is 2.57. The Labute approximate surface area is 169 Å². The number of nitrogens with zero attached hydrogens (tertiary/aromatic N) is 1. The van der Waals surface area contributed by atoms with Gasteiger partial charge >= 0.3 is 0 Å². The summed E-state index contributed by atoms with van der Waals surface area (Å²) in [6.07, 6.45) is 12.3. The second-order valence-electron chi connectivity index (χ2n) is 5.70. The van der Waals surface area contributed by atoms with Crippen LogP contribution in [0.5, 0.6) is 0 Å². The van der Waals surface area contributed by atoms with Gasteiger partial charge < -0.3 is 0 Å². The Hall–Kier alpha value is 1.84. The molecule has 140 valence electrons. The molecule has 0 amide bonds. The lowest BCUT2D eigenvalue weighted by atomic mass is 10.2. The van der Waals surface area contributed by atoms with Crippen molar-refractivity contribution in [3.63, 3.8) is 0 Å². The molecule has 0 aliphatic carbocycles. The molecule has 0 radical (unpaired) electrons. The van der Waals surface area contributed by atoms with Gasteiger partial charge in [-0.15, -0.1) is 0 Å². The third-order valence-corrected chi connectivity index (χ3v) is 8.79. The molecular weight excluding hydrogens is 426 g/mol. The molecule has 0 bridgehead atoms. The highest BCUT2D eigenvalue weighted by Crippen LogP contribution is 2.28. The van der Waals surface area contributed by atoms with Crippen molar-refractivity contribution in [1.82, 2.24) is 4.90 Å². The van der Waals surface area contributed by atoms with E-state index < -0.39 is 0 Å². The molecule has 0 aliphatic heterocycles. The van der Waals surface area contributed by atoms with Crippen LogP contribution < -0.4 is 0 Å². The Bertz CT molecular complexity index is 205. The van der Waals surface area contributed by atoms with E-state index in [-0.39, 0.29) is 0 Å². The molecule has 23 heavy (non-hydrogen) atoms. The highest BCUT2D eigenvalue weighted by molar-refractivity contribution is 9.09. The number of rotatable bonds is 19. The molecule has 6 heteroatoms. The molecule has 0 rings (SSSR count). The van der Waals surface area contributed by atoms with E-state index in [4.69, 9.17) is 0 Å². The van der Waals surface area contributed by atoms with Crippen molar-refractivity contribution < 1.29 is 0 Å². The predicted molar refractivity (Wildman–Crippen MR) is 123 cm³/mol. The van der Waals surface area contributed by atoms with Crippen LogP contribution >= 0.6 is 59.1 Å². The van der Waals surface area contributed by atoms with Crippen molar-refractivity contribution in [2.24, 2.45) is 0 Å². The average molecular weight is 463 g/mol. The Morgan fingerprint density at radius 3 is 1.61 bits per heavy atom. The van der Waals surface area contributed by atoms with Gasteiger partial charge in [0, 0.05) is 23.4 Å². The summed E-state index contributed by atoms with van der Waals surface area (Å²) in [5, 5.41) is 1.12. The van der Waals surface area contributed by atoms with Gasteiger partial charge in [0.2, 0.25) is 0 Å². The van der Waals surface area contributed by atoms with Crippen molar-refractivity contribution in [2.45, 2.75) is 71.6 Å². The molecule has 0 heterocycles. The molecule has 0 aromatic carbocycles. The van der Waals surface area contributed by atoms with Crippen molar-refractivity contribution in [3.8, 4) is 0 Å². The Morgan fingerprint density at radius 1 is 0.652 bits per heavy atom. The van der Waals surface area contributed by atoms with E-state index in [0.29, 0.717) is 0 Å². The minimum absolute atomic E-state index is 1.12. The zero-order chi connectivity index (χ0) is 17.0. The predicted octanol–water partition coefficient (Wildman–Crippen LogP) is 7.91. The van der Waals surface area contributed by atoms with Crippen LogP contribution in [0.3, 0.4) is 0 Å². The summed E-state index contributed by atoms with van der Waals surface area (Å²) in [6.45, 7) is 5.78. The van der Waals surface area contributed by atoms with Gasteiger partial charge in [0.05, 0.1) is 11.8 Å². The number of alkyl halides is 1. The van der Waals surface area contributed by atoms with Gasteiger partial charge in [-0.05, 0) is 19.3 Å². The molecule has 0 saturated heterocycles. The SMILES string of the molecule is CCCCCCSSCN(CCCBr)CSSCCCCCC. The van der Waals surface area contributed by atoms with Gasteiger partial charge in [0.25, 0.3) is 0 Å². The Morgan fingerprint density at radius 2 is 1.17 bits per heavy atom. The van der Waals surface area contributed by atoms with Crippen LogP contribution in [0.25, 0.3) is 0 Å². The summed E-state index contributed by atoms with van der Waals surface area (Å²) in [7, 11) is 8.23. The molecule has 0 atom stereocenters. The summed E-state index contributed by atoms with van der Waals surface area (Å²) in [5.41, 5.74) is 0. The van der Waals surface area contributed by atoms with Gasteiger partial charge in [0.15, 0.2) is 0 Å². The van der Waals surface area contributed by atoms with Gasteiger partial charge in [-0.1, -0.05) is 111 Å². The van der Waals surface area contributed by atoms with Gasteiger partial charge in [-0.25, -0.2) is 0 Å². The van der Waals surface area contributed by atoms with E-state index in [1.54, 1.807) is 0 Å². The van der Waals surface area contributed by atoms with Crippen molar-refractivity contribution in [1.29, 1.82) is 0 Å². The van der Waals surface area contributed by atoms with Crippen LogP contribution in [0.4, 0.5) is 0 Å². The van der Waals surface area contributed by atoms with Crippen LogP contribution in [-0.2, 0) is 0 Å². The van der Waals surface area contributed by atoms with Gasteiger partial charge in [0.1, 0.15) is 0 Å². The minimum atomic E-state index is 1.12. The normalized spacial score (nSPS) is 11.5. The summed E-state index contributed by atoms with van der Waals surface area (Å²) in [6, 6.07) is 0. The van der Waals surface area contributed by atoms with E-state index in [9.17, 15) is 0 Å². The number of halogens is 1. The monoisotopic (exact) mass is 461 g/mol. The fourth-order valence-electron chi connectivity index (χ4n) is 1.97. The van der Waals surface area contributed by atoms with Crippen molar-refractivity contribution in [2.75, 3.05) is 35.1 Å². The molecule has 0 aromatic rings. The fraction of sp³-hybridized carbons (Fsp3) is 1.00. The highest BCUT2D eigenvalue weighted by Gasteiger charge is 2.05. The molecule has 0 aliphatic rings. The summed E-state index contributed by atoms with van der Waals surface area (Å²) < 4.78 is 0. The first-order valence-corrected chi connectivity index (χ1v) is 15.2. The molecule has 0 N–H and O–H groups in total. The minimum Gasteiger partial charge on any atom is -0.283 e. The second-order valence-corrected chi connectivity index (χ2v) is 11.6. The van der Waals surface area contributed by atoms with Crippen molar-refractivity contribution in [3.05, 3.63) is 0 Å². The first-order chi connectivity index (χ1) is 11.3. The first-order valence-electron chi connectivity index (χ1n) is 9.12. The van der Waals surface area contributed by atoms with Crippen LogP contribution in [0.15, 0.2) is 0 Å². The maximum absolute atomic E-state index is 3.56. The maximum atomic E-state index is 3.56. The second kappa shape index (κ2) is 21.9. The fourth-order valence-corrected chi connectivity index (χ4v) is 6.86. The molecule has 0 aromatic heterocycles. The van der Waals surface area contributed by atoms with E-state index >= 15 is 0 Å². The molecule has 0 unspecified atom stereocenters. The summed E-state index contributed by atoms with van der Waals surface area (Å²) >= 11 is 3.56. The molecular formula is C17H36BrNS4. The van der Waals surface area contributed by atoms with E-state index in [2.05, 4.69) is 56.3 Å². The number of hydrogen-bond donors (Lipinski definition) is 0. The lowest BCUT2D eigenvalue weighted by Gasteiger charge is -2.20.